The number of nitrogens with zero attached hydrogens (tertiary/aromatic N) is 1. The highest BCUT2D eigenvalue weighted by Gasteiger charge is 2.18. The van der Waals surface area contributed by atoms with Crippen LogP contribution in [0.3, 0.4) is 0 Å². The van der Waals surface area contributed by atoms with Crippen LogP contribution < -0.4 is 5.32 Å². The molecule has 0 radical (unpaired) electrons. The first-order valence-electron chi connectivity index (χ1n) is 4.70. The van der Waals surface area contributed by atoms with Gasteiger partial charge in [-0.05, 0) is 30.0 Å². The van der Waals surface area contributed by atoms with Gasteiger partial charge in [0.1, 0.15) is 11.9 Å². The Kier molecular flexibility index (Phi) is 2.12. The van der Waals surface area contributed by atoms with Crippen molar-refractivity contribution in [3.05, 3.63) is 29.1 Å². The van der Waals surface area contributed by atoms with Crippen LogP contribution >= 0.6 is 0 Å². The molecule has 0 saturated heterocycles. The Bertz CT molecular complexity index is 406. The topological polar surface area (TPSA) is 35.8 Å². The molecule has 2 rings (SSSR count). The van der Waals surface area contributed by atoms with Gasteiger partial charge in [-0.3, -0.25) is 0 Å². The summed E-state index contributed by atoms with van der Waals surface area (Å²) in [5.74, 6) is -0.0354. The third kappa shape index (κ3) is 1.33. The summed E-state index contributed by atoms with van der Waals surface area (Å²) < 4.78 is 13.2. The highest BCUT2D eigenvalue weighted by molar-refractivity contribution is 5.58. The summed E-state index contributed by atoms with van der Waals surface area (Å²) in [6.07, 6.45) is 1.03. The number of fused-ring (bicyclic) bond motifs is 1. The van der Waals surface area contributed by atoms with Crippen LogP contribution in [0.2, 0.25) is 0 Å². The molecule has 1 aromatic rings. The van der Waals surface area contributed by atoms with Crippen LogP contribution in [0.1, 0.15) is 30.4 Å². The maximum Gasteiger partial charge on any atom is 0.143 e. The van der Waals surface area contributed by atoms with Crippen molar-refractivity contribution in [1.82, 2.24) is 0 Å². The third-order valence-electron chi connectivity index (χ3n) is 2.68. The molecule has 0 saturated carbocycles. The average Bonchev–Trinajstić information content (AvgIpc) is 2.17. The summed E-state index contributed by atoms with van der Waals surface area (Å²) in [6, 6.07) is 4.94. The van der Waals surface area contributed by atoms with Crippen molar-refractivity contribution in [3.8, 4) is 6.07 Å². The number of hydrogen-bond acceptors (Lipinski definition) is 2. The summed E-state index contributed by atoms with van der Waals surface area (Å²) in [6.45, 7) is 2.97. The lowest BCUT2D eigenvalue weighted by atomic mass is 9.91. The third-order valence-corrected chi connectivity index (χ3v) is 2.68. The molecule has 0 fully saturated rings. The minimum atomic E-state index is -0.437. The Hall–Kier alpha value is -1.56. The average molecular weight is 190 g/mol. The zero-order valence-corrected chi connectivity index (χ0v) is 7.97. The Morgan fingerprint density at radius 3 is 3.07 bits per heavy atom. The minimum absolute atomic E-state index is 0.138. The summed E-state index contributed by atoms with van der Waals surface area (Å²) in [4.78, 5) is 0. The van der Waals surface area contributed by atoms with Crippen molar-refractivity contribution in [3.63, 3.8) is 0 Å². The van der Waals surface area contributed by atoms with Gasteiger partial charge in [-0.1, -0.05) is 6.92 Å². The van der Waals surface area contributed by atoms with Gasteiger partial charge in [0.05, 0.1) is 5.56 Å². The van der Waals surface area contributed by atoms with E-state index < -0.39 is 5.82 Å². The van der Waals surface area contributed by atoms with Crippen LogP contribution in [-0.4, -0.2) is 6.54 Å². The summed E-state index contributed by atoms with van der Waals surface area (Å²) in [7, 11) is 0. The summed E-state index contributed by atoms with van der Waals surface area (Å²) >= 11 is 0. The SMILES string of the molecule is CC1CCNc2cc(F)c(C#N)cc21. The van der Waals surface area contributed by atoms with Crippen molar-refractivity contribution in [2.45, 2.75) is 19.3 Å². The second-order valence-electron chi connectivity index (χ2n) is 3.65. The number of halogens is 1. The molecule has 0 aromatic heterocycles. The lowest BCUT2D eigenvalue weighted by Gasteiger charge is -2.24. The Morgan fingerprint density at radius 2 is 2.36 bits per heavy atom. The smallest absolute Gasteiger partial charge is 0.143 e. The first-order chi connectivity index (χ1) is 6.72. The Morgan fingerprint density at radius 1 is 1.57 bits per heavy atom. The Balaban J connectivity index is 2.56. The van der Waals surface area contributed by atoms with Crippen molar-refractivity contribution < 1.29 is 4.39 Å². The van der Waals surface area contributed by atoms with Crippen molar-refractivity contribution in [2.24, 2.45) is 0 Å². The maximum absolute atomic E-state index is 13.2. The van der Waals surface area contributed by atoms with E-state index in [-0.39, 0.29) is 5.56 Å². The fourth-order valence-electron chi connectivity index (χ4n) is 1.82. The molecule has 1 aliphatic rings. The van der Waals surface area contributed by atoms with E-state index in [1.165, 1.54) is 6.07 Å². The van der Waals surface area contributed by atoms with Gasteiger partial charge in [0.2, 0.25) is 0 Å². The molecule has 1 aromatic carbocycles. The lowest BCUT2D eigenvalue weighted by Crippen LogP contribution is -2.15. The first kappa shape index (κ1) is 9.01. The highest BCUT2D eigenvalue weighted by atomic mass is 19.1. The fourth-order valence-corrected chi connectivity index (χ4v) is 1.82. The molecular weight excluding hydrogens is 179 g/mol. The van der Waals surface area contributed by atoms with Gasteiger partial charge in [-0.15, -0.1) is 0 Å². The van der Waals surface area contributed by atoms with Crippen LogP contribution in [0, 0.1) is 17.1 Å². The molecule has 0 amide bonds. The van der Waals surface area contributed by atoms with Crippen molar-refractivity contribution in [1.29, 1.82) is 5.26 Å². The molecule has 1 aliphatic heterocycles. The molecule has 14 heavy (non-hydrogen) atoms. The molecule has 0 aliphatic carbocycles. The number of rotatable bonds is 0. The number of hydrogen-bond donors (Lipinski definition) is 1. The monoisotopic (exact) mass is 190 g/mol. The molecule has 3 heteroatoms. The maximum atomic E-state index is 13.2. The van der Waals surface area contributed by atoms with Gasteiger partial charge in [-0.2, -0.15) is 5.26 Å². The summed E-state index contributed by atoms with van der Waals surface area (Å²) in [5, 5.41) is 11.8. The van der Waals surface area contributed by atoms with Gasteiger partial charge in [-0.25, -0.2) is 4.39 Å². The molecular formula is C11H11FN2. The number of benzene rings is 1. The van der Waals surface area contributed by atoms with Crippen LogP contribution in [0.4, 0.5) is 10.1 Å². The summed E-state index contributed by atoms with van der Waals surface area (Å²) in [5.41, 5.74) is 2.02. The Labute approximate surface area is 82.4 Å². The zero-order valence-electron chi connectivity index (χ0n) is 7.97. The minimum Gasteiger partial charge on any atom is -0.385 e. The predicted molar refractivity (Wildman–Crippen MR) is 52.6 cm³/mol. The lowest BCUT2D eigenvalue weighted by molar-refractivity contribution is 0.617. The van der Waals surface area contributed by atoms with Crippen molar-refractivity contribution in [2.75, 3.05) is 11.9 Å². The fraction of sp³-hybridized carbons (Fsp3) is 0.364. The van der Waals surface area contributed by atoms with E-state index in [1.807, 2.05) is 6.07 Å². The van der Waals surface area contributed by atoms with E-state index in [4.69, 9.17) is 5.26 Å². The van der Waals surface area contributed by atoms with Crippen LogP contribution in [0.25, 0.3) is 0 Å². The van der Waals surface area contributed by atoms with Gasteiger partial charge < -0.3 is 5.32 Å². The van der Waals surface area contributed by atoms with Crippen molar-refractivity contribution >= 4 is 5.69 Å². The molecule has 2 nitrogen and oxygen atoms in total. The number of anilines is 1. The normalized spacial score (nSPS) is 19.4. The second-order valence-corrected chi connectivity index (χ2v) is 3.65. The predicted octanol–water partition coefficient (Wildman–Crippen LogP) is 2.62. The molecule has 1 atom stereocenters. The molecule has 72 valence electrons. The largest absolute Gasteiger partial charge is 0.385 e. The van der Waals surface area contributed by atoms with E-state index in [9.17, 15) is 4.39 Å². The molecule has 0 bridgehead atoms. The van der Waals surface area contributed by atoms with E-state index in [1.54, 1.807) is 6.07 Å². The first-order valence-corrected chi connectivity index (χ1v) is 4.70. The quantitative estimate of drug-likeness (QED) is 0.682. The standard InChI is InChI=1S/C11H11FN2/c1-7-2-3-14-11-5-10(12)8(6-13)4-9(7)11/h4-5,7,14H,2-3H2,1H3. The van der Waals surface area contributed by atoms with Crippen LogP contribution in [-0.2, 0) is 0 Å². The number of nitrogens with one attached hydrogen (secondary N) is 1. The van der Waals surface area contributed by atoms with E-state index in [2.05, 4.69) is 12.2 Å². The molecule has 1 N–H and O–H groups in total. The molecule has 1 unspecified atom stereocenters. The van der Waals surface area contributed by atoms with Gasteiger partial charge in [0, 0.05) is 12.2 Å². The van der Waals surface area contributed by atoms with E-state index in [0.717, 1.165) is 24.2 Å². The zero-order chi connectivity index (χ0) is 10.1. The van der Waals surface area contributed by atoms with E-state index >= 15 is 0 Å². The highest BCUT2D eigenvalue weighted by Crippen LogP contribution is 2.32. The van der Waals surface area contributed by atoms with Crippen LogP contribution in [0.5, 0.6) is 0 Å². The number of nitriles is 1. The van der Waals surface area contributed by atoms with Gasteiger partial charge >= 0.3 is 0 Å². The van der Waals surface area contributed by atoms with E-state index in [0.29, 0.717) is 5.92 Å². The van der Waals surface area contributed by atoms with Gasteiger partial charge in [0.25, 0.3) is 0 Å². The van der Waals surface area contributed by atoms with Crippen LogP contribution in [0.15, 0.2) is 12.1 Å². The molecule has 1 heterocycles. The van der Waals surface area contributed by atoms with Gasteiger partial charge in [0.15, 0.2) is 0 Å². The molecule has 0 spiro atoms. The second kappa shape index (κ2) is 3.30.